The van der Waals surface area contributed by atoms with Crippen LogP contribution < -0.4 is 5.32 Å². The molecule has 0 bridgehead atoms. The lowest BCUT2D eigenvalue weighted by Gasteiger charge is -2.25. The lowest BCUT2D eigenvalue weighted by molar-refractivity contribution is -0.135. The second-order valence-corrected chi connectivity index (χ2v) is 5.67. The fourth-order valence-electron chi connectivity index (χ4n) is 2.96. The van der Waals surface area contributed by atoms with Gasteiger partial charge >= 0.3 is 0 Å². The van der Waals surface area contributed by atoms with Gasteiger partial charge in [-0.3, -0.25) is 14.7 Å². The minimum Gasteiger partial charge on any atom is -0.331 e. The Morgan fingerprint density at radius 3 is 2.96 bits per heavy atom. The van der Waals surface area contributed by atoms with Crippen molar-refractivity contribution in [3.05, 3.63) is 36.7 Å². The number of H-pyrrole nitrogens is 1. The van der Waals surface area contributed by atoms with Gasteiger partial charge in [0.2, 0.25) is 11.8 Å². The Labute approximate surface area is 134 Å². The summed E-state index contributed by atoms with van der Waals surface area (Å²) in [6.07, 6.45) is 5.52. The van der Waals surface area contributed by atoms with Crippen LogP contribution in [0, 0.1) is 0 Å². The van der Waals surface area contributed by atoms with E-state index in [0.29, 0.717) is 19.4 Å². The fraction of sp³-hybridized carbons (Fsp3) is 0.353. The summed E-state index contributed by atoms with van der Waals surface area (Å²) in [5.41, 5.74) is 2.66. The molecular weight excluding hydrogens is 292 g/mol. The van der Waals surface area contributed by atoms with E-state index >= 15 is 0 Å². The Hall–Kier alpha value is -2.63. The minimum atomic E-state index is -0.400. The standard InChI is InChI=1S/C17H20N4O2/c1-2-15(21-8-4-7-16(21)22)17(23)20-14-6-3-5-12(9-14)13-10-18-19-11-13/h3,5-6,9-11,15H,2,4,7-8H2,1H3,(H,18,19)(H,20,23)/t15-/m0/s1. The zero-order valence-corrected chi connectivity index (χ0v) is 13.1. The van der Waals surface area contributed by atoms with Gasteiger partial charge < -0.3 is 10.2 Å². The highest BCUT2D eigenvalue weighted by Gasteiger charge is 2.31. The summed E-state index contributed by atoms with van der Waals surface area (Å²) in [5.74, 6) is -0.0637. The summed E-state index contributed by atoms with van der Waals surface area (Å²) in [7, 11) is 0. The average Bonchev–Trinajstić information content (AvgIpc) is 3.21. The van der Waals surface area contributed by atoms with Crippen molar-refractivity contribution in [1.82, 2.24) is 15.1 Å². The molecule has 1 saturated heterocycles. The molecule has 1 atom stereocenters. The summed E-state index contributed by atoms with van der Waals surface area (Å²) < 4.78 is 0. The van der Waals surface area contributed by atoms with Gasteiger partial charge in [-0.15, -0.1) is 0 Å². The smallest absolute Gasteiger partial charge is 0.247 e. The van der Waals surface area contributed by atoms with Crippen LogP contribution in [0.25, 0.3) is 11.1 Å². The first-order valence-electron chi connectivity index (χ1n) is 7.88. The highest BCUT2D eigenvalue weighted by atomic mass is 16.2. The Morgan fingerprint density at radius 2 is 2.30 bits per heavy atom. The lowest BCUT2D eigenvalue weighted by atomic mass is 10.1. The van der Waals surface area contributed by atoms with Gasteiger partial charge in [-0.1, -0.05) is 19.1 Å². The van der Waals surface area contributed by atoms with E-state index in [1.165, 1.54) is 0 Å². The number of nitrogens with zero attached hydrogens (tertiary/aromatic N) is 2. The monoisotopic (exact) mass is 312 g/mol. The van der Waals surface area contributed by atoms with Crippen LogP contribution in [0.1, 0.15) is 26.2 Å². The Balaban J connectivity index is 1.74. The predicted octanol–water partition coefficient (Wildman–Crippen LogP) is 2.42. The average molecular weight is 312 g/mol. The van der Waals surface area contributed by atoms with Crippen molar-refractivity contribution in [3.63, 3.8) is 0 Å². The molecule has 23 heavy (non-hydrogen) atoms. The number of likely N-dealkylation sites (tertiary alicyclic amines) is 1. The van der Waals surface area contributed by atoms with Crippen LogP contribution in [0.3, 0.4) is 0 Å². The van der Waals surface area contributed by atoms with E-state index in [1.54, 1.807) is 17.3 Å². The Kier molecular flexibility index (Phi) is 4.41. The van der Waals surface area contributed by atoms with Gasteiger partial charge in [0, 0.05) is 30.4 Å². The van der Waals surface area contributed by atoms with Gasteiger partial charge in [-0.25, -0.2) is 0 Å². The third-order valence-electron chi connectivity index (χ3n) is 4.14. The van der Waals surface area contributed by atoms with Crippen LogP contribution in [0.5, 0.6) is 0 Å². The molecule has 1 aromatic carbocycles. The van der Waals surface area contributed by atoms with Crippen molar-refractivity contribution in [2.75, 3.05) is 11.9 Å². The van der Waals surface area contributed by atoms with E-state index in [9.17, 15) is 9.59 Å². The van der Waals surface area contributed by atoms with Crippen molar-refractivity contribution in [3.8, 4) is 11.1 Å². The highest BCUT2D eigenvalue weighted by molar-refractivity contribution is 5.97. The first-order chi connectivity index (χ1) is 11.2. The maximum absolute atomic E-state index is 12.6. The minimum absolute atomic E-state index is 0.0687. The van der Waals surface area contributed by atoms with E-state index in [4.69, 9.17) is 0 Å². The summed E-state index contributed by atoms with van der Waals surface area (Å²) >= 11 is 0. The molecule has 3 rings (SSSR count). The van der Waals surface area contributed by atoms with Crippen LogP contribution in [0.15, 0.2) is 36.7 Å². The van der Waals surface area contributed by atoms with Crippen LogP contribution in [-0.4, -0.2) is 39.5 Å². The van der Waals surface area contributed by atoms with Gasteiger partial charge in [0.15, 0.2) is 0 Å². The molecule has 2 aromatic rings. The second-order valence-electron chi connectivity index (χ2n) is 5.67. The highest BCUT2D eigenvalue weighted by Crippen LogP contribution is 2.22. The molecule has 0 unspecified atom stereocenters. The fourth-order valence-corrected chi connectivity index (χ4v) is 2.96. The number of nitrogens with one attached hydrogen (secondary N) is 2. The van der Waals surface area contributed by atoms with Crippen molar-refractivity contribution in [2.45, 2.75) is 32.2 Å². The van der Waals surface area contributed by atoms with Crippen molar-refractivity contribution < 1.29 is 9.59 Å². The molecule has 6 nitrogen and oxygen atoms in total. The molecule has 2 amide bonds. The zero-order valence-electron chi connectivity index (χ0n) is 13.1. The molecule has 2 N–H and O–H groups in total. The normalized spacial score (nSPS) is 15.7. The van der Waals surface area contributed by atoms with E-state index in [1.807, 2.05) is 31.2 Å². The number of aromatic amines is 1. The third kappa shape index (κ3) is 3.26. The number of carbonyl (C=O) groups excluding carboxylic acids is 2. The number of amides is 2. The third-order valence-corrected chi connectivity index (χ3v) is 4.14. The van der Waals surface area contributed by atoms with Crippen LogP contribution >= 0.6 is 0 Å². The van der Waals surface area contributed by atoms with Gasteiger partial charge in [0.05, 0.1) is 6.20 Å². The lowest BCUT2D eigenvalue weighted by Crippen LogP contribution is -2.44. The Bertz CT molecular complexity index is 696. The molecule has 1 aliphatic heterocycles. The number of rotatable bonds is 5. The summed E-state index contributed by atoms with van der Waals surface area (Å²) in [6.45, 7) is 2.59. The number of benzene rings is 1. The quantitative estimate of drug-likeness (QED) is 0.890. The first kappa shape index (κ1) is 15.3. The molecule has 0 radical (unpaired) electrons. The van der Waals surface area contributed by atoms with Crippen molar-refractivity contribution in [2.24, 2.45) is 0 Å². The summed E-state index contributed by atoms with van der Waals surface area (Å²) in [4.78, 5) is 26.1. The number of anilines is 1. The van der Waals surface area contributed by atoms with Crippen molar-refractivity contribution in [1.29, 1.82) is 0 Å². The van der Waals surface area contributed by atoms with E-state index < -0.39 is 6.04 Å². The van der Waals surface area contributed by atoms with Gasteiger partial charge in [-0.05, 0) is 30.5 Å². The van der Waals surface area contributed by atoms with Crippen LogP contribution in [0.2, 0.25) is 0 Å². The molecule has 0 aliphatic carbocycles. The number of hydrogen-bond acceptors (Lipinski definition) is 3. The SMILES string of the molecule is CC[C@@H](C(=O)Nc1cccc(-c2cn[nH]c2)c1)N1CCCC1=O. The molecule has 6 heteroatoms. The molecule has 0 saturated carbocycles. The van der Waals surface area contributed by atoms with Gasteiger partial charge in [-0.2, -0.15) is 5.10 Å². The van der Waals surface area contributed by atoms with E-state index in [0.717, 1.165) is 23.2 Å². The summed E-state index contributed by atoms with van der Waals surface area (Å²) in [5, 5.41) is 9.64. The van der Waals surface area contributed by atoms with E-state index in [2.05, 4.69) is 15.5 Å². The van der Waals surface area contributed by atoms with Gasteiger partial charge in [0.25, 0.3) is 0 Å². The topological polar surface area (TPSA) is 78.1 Å². The number of aromatic nitrogens is 2. The Morgan fingerprint density at radius 1 is 1.43 bits per heavy atom. The first-order valence-corrected chi connectivity index (χ1v) is 7.88. The molecule has 2 heterocycles. The molecule has 1 aliphatic rings. The molecule has 120 valence electrons. The maximum Gasteiger partial charge on any atom is 0.247 e. The molecule has 1 fully saturated rings. The van der Waals surface area contributed by atoms with Crippen molar-refractivity contribution >= 4 is 17.5 Å². The largest absolute Gasteiger partial charge is 0.331 e. The maximum atomic E-state index is 12.6. The zero-order chi connectivity index (χ0) is 16.2. The second kappa shape index (κ2) is 6.64. The molecular formula is C17H20N4O2. The van der Waals surface area contributed by atoms with Crippen LogP contribution in [-0.2, 0) is 9.59 Å². The number of carbonyl (C=O) groups is 2. The van der Waals surface area contributed by atoms with Gasteiger partial charge in [0.1, 0.15) is 6.04 Å². The van der Waals surface area contributed by atoms with Crippen LogP contribution in [0.4, 0.5) is 5.69 Å². The van der Waals surface area contributed by atoms with E-state index in [-0.39, 0.29) is 11.8 Å². The molecule has 1 aromatic heterocycles. The predicted molar refractivity (Wildman–Crippen MR) is 87.7 cm³/mol. The summed E-state index contributed by atoms with van der Waals surface area (Å²) in [6, 6.07) is 7.20. The molecule has 0 spiro atoms. The number of hydrogen-bond donors (Lipinski definition) is 2.